The Morgan fingerprint density at radius 2 is 2.25 bits per heavy atom. The summed E-state index contributed by atoms with van der Waals surface area (Å²) in [6.45, 7) is 1.85. The van der Waals surface area contributed by atoms with Crippen molar-refractivity contribution in [3.63, 3.8) is 0 Å². The molecule has 3 heterocycles. The van der Waals surface area contributed by atoms with Crippen molar-refractivity contribution in [2.75, 3.05) is 5.73 Å². The van der Waals surface area contributed by atoms with Gasteiger partial charge in [0, 0.05) is 5.56 Å². The van der Waals surface area contributed by atoms with Crippen molar-refractivity contribution in [3.8, 4) is 0 Å². The maximum Gasteiger partial charge on any atom is 0.350 e. The van der Waals surface area contributed by atoms with Gasteiger partial charge in [-0.25, -0.2) is 4.79 Å². The van der Waals surface area contributed by atoms with Crippen LogP contribution in [0.5, 0.6) is 0 Å². The lowest BCUT2D eigenvalue weighted by Gasteiger charge is -2.12. The molecule has 0 amide bonds. The lowest BCUT2D eigenvalue weighted by Crippen LogP contribution is -2.30. The maximum atomic E-state index is 11.7. The second-order valence-corrected chi connectivity index (χ2v) is 4.75. The largest absolute Gasteiger partial charge is 0.388 e. The number of aliphatic hydroxyl groups excluding tert-OH is 2. The van der Waals surface area contributed by atoms with Crippen LogP contribution in [-0.2, 0) is 4.74 Å². The Kier molecular flexibility index (Phi) is 2.96. The van der Waals surface area contributed by atoms with Crippen molar-refractivity contribution in [3.05, 3.63) is 22.2 Å². The van der Waals surface area contributed by atoms with Gasteiger partial charge in [0.15, 0.2) is 5.65 Å². The van der Waals surface area contributed by atoms with Crippen LogP contribution in [0.25, 0.3) is 5.65 Å². The molecular formula is C11H15N5O4. The second kappa shape index (κ2) is 4.54. The lowest BCUT2D eigenvalue weighted by atomic mass is 10.0. The zero-order valence-electron chi connectivity index (χ0n) is 10.7. The molecule has 0 saturated carbocycles. The number of H-pyrrole nitrogens is 1. The average Bonchev–Trinajstić information content (AvgIpc) is 2.93. The predicted molar refractivity (Wildman–Crippen MR) is 67.9 cm³/mol. The van der Waals surface area contributed by atoms with E-state index in [9.17, 15) is 15.0 Å². The highest BCUT2D eigenvalue weighted by Gasteiger charge is 2.43. The number of aromatic amines is 1. The molecule has 0 bridgehead atoms. The van der Waals surface area contributed by atoms with Crippen LogP contribution in [0.2, 0.25) is 0 Å². The van der Waals surface area contributed by atoms with Gasteiger partial charge in [-0.3, -0.25) is 4.98 Å². The van der Waals surface area contributed by atoms with Gasteiger partial charge in [0.1, 0.15) is 18.3 Å². The molecule has 2 aromatic rings. The fraction of sp³-hybridized carbons (Fsp3) is 0.545. The lowest BCUT2D eigenvalue weighted by molar-refractivity contribution is 0.00615. The topological polar surface area (TPSA) is 139 Å². The molecule has 20 heavy (non-hydrogen) atoms. The van der Waals surface area contributed by atoms with Crippen LogP contribution in [0.1, 0.15) is 25.0 Å². The first-order chi connectivity index (χ1) is 9.52. The van der Waals surface area contributed by atoms with Crippen LogP contribution >= 0.6 is 0 Å². The number of rotatable bonds is 2. The number of ether oxygens (including phenoxy) is 1. The van der Waals surface area contributed by atoms with Gasteiger partial charge in [0.25, 0.3) is 0 Å². The molecule has 5 N–H and O–H groups in total. The van der Waals surface area contributed by atoms with Crippen molar-refractivity contribution in [2.24, 2.45) is 0 Å². The summed E-state index contributed by atoms with van der Waals surface area (Å²) in [5.41, 5.74) is 5.61. The number of nitrogens with one attached hydrogen (secondary N) is 1. The molecule has 0 aliphatic carbocycles. The normalized spacial score (nSPS) is 30.1. The van der Waals surface area contributed by atoms with Gasteiger partial charge in [0.2, 0.25) is 5.95 Å². The van der Waals surface area contributed by atoms with Crippen LogP contribution in [-0.4, -0.2) is 48.1 Å². The Morgan fingerprint density at radius 1 is 1.50 bits per heavy atom. The predicted octanol–water partition coefficient (Wildman–Crippen LogP) is -1.43. The minimum atomic E-state index is -1.10. The summed E-state index contributed by atoms with van der Waals surface area (Å²) < 4.78 is 6.66. The van der Waals surface area contributed by atoms with Crippen molar-refractivity contribution >= 4 is 11.6 Å². The Labute approximate surface area is 113 Å². The molecule has 4 atom stereocenters. The summed E-state index contributed by atoms with van der Waals surface area (Å²) in [4.78, 5) is 18.0. The number of fused-ring (bicyclic) bond motifs is 1. The Hall–Kier alpha value is -1.97. The van der Waals surface area contributed by atoms with Crippen LogP contribution in [0.3, 0.4) is 0 Å². The number of hydrogen-bond acceptors (Lipinski definition) is 7. The number of hydrogen-bond donors (Lipinski definition) is 4. The number of nitrogen functional groups attached to an aromatic ring is 1. The van der Waals surface area contributed by atoms with E-state index in [0.717, 1.165) is 4.52 Å². The van der Waals surface area contributed by atoms with Crippen LogP contribution in [0.4, 0.5) is 5.95 Å². The van der Waals surface area contributed by atoms with E-state index in [1.54, 1.807) is 0 Å². The third-order valence-electron chi connectivity index (χ3n) is 3.50. The molecule has 3 rings (SSSR count). The Balaban J connectivity index is 2.09. The highest BCUT2D eigenvalue weighted by atomic mass is 16.5. The molecule has 1 fully saturated rings. The standard InChI is InChI=1S/C11H15N5O4/c1-2-5-6(17)7(18)8(20-5)4-3-13-16-9(4)14-10(12)15-11(16)19/h3,5-8,17-18H,2H2,1H3,(H3,12,14,15,19). The van der Waals surface area contributed by atoms with E-state index in [1.165, 1.54) is 6.20 Å². The van der Waals surface area contributed by atoms with Crippen molar-refractivity contribution in [1.29, 1.82) is 0 Å². The highest BCUT2D eigenvalue weighted by Crippen LogP contribution is 2.35. The molecule has 0 aromatic carbocycles. The minimum Gasteiger partial charge on any atom is -0.388 e. The molecule has 1 saturated heterocycles. The zero-order valence-corrected chi connectivity index (χ0v) is 10.7. The van der Waals surface area contributed by atoms with Gasteiger partial charge in [-0.1, -0.05) is 6.92 Å². The number of anilines is 1. The van der Waals surface area contributed by atoms with Crippen LogP contribution < -0.4 is 11.4 Å². The Bertz CT molecular complexity index is 696. The molecule has 0 spiro atoms. The van der Waals surface area contributed by atoms with Crippen molar-refractivity contribution < 1.29 is 14.9 Å². The van der Waals surface area contributed by atoms with Gasteiger partial charge in [-0.2, -0.15) is 14.6 Å². The summed E-state index contributed by atoms with van der Waals surface area (Å²) in [5.74, 6) is -0.0515. The number of aromatic nitrogens is 4. The van der Waals surface area contributed by atoms with Gasteiger partial charge in [-0.05, 0) is 6.42 Å². The monoisotopic (exact) mass is 281 g/mol. The molecular weight excluding hydrogens is 266 g/mol. The Morgan fingerprint density at radius 3 is 2.90 bits per heavy atom. The third kappa shape index (κ3) is 1.79. The van der Waals surface area contributed by atoms with Crippen LogP contribution in [0, 0.1) is 0 Å². The summed E-state index contributed by atoms with van der Waals surface area (Å²) >= 11 is 0. The second-order valence-electron chi connectivity index (χ2n) is 4.75. The fourth-order valence-corrected chi connectivity index (χ4v) is 2.46. The minimum absolute atomic E-state index is 0.0515. The van der Waals surface area contributed by atoms with E-state index < -0.39 is 30.1 Å². The average molecular weight is 281 g/mol. The SMILES string of the molecule is CCC1OC(c2cnn3c(=O)[nH]c(N)nc23)C(O)C1O. The number of aliphatic hydroxyl groups is 2. The zero-order chi connectivity index (χ0) is 14.4. The van der Waals surface area contributed by atoms with E-state index in [2.05, 4.69) is 15.1 Å². The number of nitrogens with two attached hydrogens (primary N) is 1. The van der Waals surface area contributed by atoms with Crippen molar-refractivity contribution in [1.82, 2.24) is 19.6 Å². The molecule has 108 valence electrons. The van der Waals surface area contributed by atoms with E-state index in [4.69, 9.17) is 10.5 Å². The quantitative estimate of drug-likeness (QED) is 0.529. The van der Waals surface area contributed by atoms with Gasteiger partial charge < -0.3 is 20.7 Å². The van der Waals surface area contributed by atoms with Gasteiger partial charge >= 0.3 is 5.69 Å². The first-order valence-corrected chi connectivity index (χ1v) is 6.28. The molecule has 4 unspecified atom stereocenters. The third-order valence-corrected chi connectivity index (χ3v) is 3.50. The molecule has 0 radical (unpaired) electrons. The van der Waals surface area contributed by atoms with E-state index in [-0.39, 0.29) is 11.6 Å². The molecule has 1 aliphatic rings. The van der Waals surface area contributed by atoms with Crippen LogP contribution in [0.15, 0.2) is 11.0 Å². The van der Waals surface area contributed by atoms with E-state index >= 15 is 0 Å². The first kappa shape index (κ1) is 13.0. The summed E-state index contributed by atoms with van der Waals surface area (Å²) in [5, 5.41) is 23.9. The molecule has 1 aliphatic heterocycles. The van der Waals surface area contributed by atoms with E-state index in [0.29, 0.717) is 12.0 Å². The summed E-state index contributed by atoms with van der Waals surface area (Å²) in [7, 11) is 0. The summed E-state index contributed by atoms with van der Waals surface area (Å²) in [6.07, 6.45) is -1.40. The van der Waals surface area contributed by atoms with E-state index in [1.807, 2.05) is 6.92 Å². The molecule has 9 heteroatoms. The molecule has 2 aromatic heterocycles. The number of nitrogens with zero attached hydrogens (tertiary/aromatic N) is 3. The van der Waals surface area contributed by atoms with Gasteiger partial charge in [0.05, 0.1) is 12.3 Å². The smallest absolute Gasteiger partial charge is 0.350 e. The highest BCUT2D eigenvalue weighted by molar-refractivity contribution is 5.50. The first-order valence-electron chi connectivity index (χ1n) is 6.28. The van der Waals surface area contributed by atoms with Crippen molar-refractivity contribution in [2.45, 2.75) is 37.8 Å². The maximum absolute atomic E-state index is 11.7. The molecule has 9 nitrogen and oxygen atoms in total. The fourth-order valence-electron chi connectivity index (χ4n) is 2.46. The van der Waals surface area contributed by atoms with Gasteiger partial charge in [-0.15, -0.1) is 0 Å². The summed E-state index contributed by atoms with van der Waals surface area (Å²) in [6, 6.07) is 0.